The van der Waals surface area contributed by atoms with Gasteiger partial charge < -0.3 is 16.2 Å². The molecule has 0 aliphatic carbocycles. The van der Waals surface area contributed by atoms with Crippen LogP contribution < -0.4 is 11.1 Å². The molecule has 1 fully saturated rings. The van der Waals surface area contributed by atoms with E-state index in [1.807, 2.05) is 6.92 Å². The van der Waals surface area contributed by atoms with Crippen LogP contribution in [0.1, 0.15) is 19.0 Å². The number of rotatable bonds is 9. The Kier molecular flexibility index (Phi) is 7.31. The molecule has 0 radical (unpaired) electrons. The molecule has 2 aromatic rings. The SMILES string of the molecule is CC/C=C(\C(=O)N[C@@H]1C(=O)N2C(C(=O)O)=C(SCSc3c[nH]nn3)CS[C@@H]12)c1csc(N)n1. The lowest BCUT2D eigenvalue weighted by atomic mass is 10.0. The van der Waals surface area contributed by atoms with E-state index in [0.29, 0.717) is 43.6 Å². The number of carbonyl (C=O) groups is 3. The van der Waals surface area contributed by atoms with Gasteiger partial charge in [-0.25, -0.2) is 9.78 Å². The number of fused-ring (bicyclic) bond motifs is 1. The van der Waals surface area contributed by atoms with Gasteiger partial charge in [-0.1, -0.05) is 30.0 Å². The van der Waals surface area contributed by atoms with E-state index in [1.165, 1.54) is 51.5 Å². The quantitative estimate of drug-likeness (QED) is 0.163. The monoisotopic (exact) mass is 525 g/mol. The van der Waals surface area contributed by atoms with E-state index in [1.54, 1.807) is 17.7 Å². The van der Waals surface area contributed by atoms with E-state index in [4.69, 9.17) is 5.73 Å². The topological polar surface area (TPSA) is 167 Å². The number of hydrogen-bond donors (Lipinski definition) is 4. The van der Waals surface area contributed by atoms with Crippen molar-refractivity contribution in [2.45, 2.75) is 29.8 Å². The summed E-state index contributed by atoms with van der Waals surface area (Å²) in [5.41, 5.74) is 6.45. The summed E-state index contributed by atoms with van der Waals surface area (Å²) in [5, 5.41) is 25.4. The molecule has 1 saturated heterocycles. The number of hydrogen-bond acceptors (Lipinski definition) is 11. The molecule has 0 saturated carbocycles. The van der Waals surface area contributed by atoms with E-state index in [9.17, 15) is 19.5 Å². The fourth-order valence-corrected chi connectivity index (χ4v) is 7.41. The van der Waals surface area contributed by atoms with Gasteiger partial charge in [-0.3, -0.25) is 19.6 Å². The maximum Gasteiger partial charge on any atom is 0.353 e. The van der Waals surface area contributed by atoms with Crippen molar-refractivity contribution in [2.75, 3.05) is 16.6 Å². The fraction of sp³-hybridized carbons (Fsp3) is 0.333. The van der Waals surface area contributed by atoms with Gasteiger partial charge in [0.2, 0.25) is 0 Å². The summed E-state index contributed by atoms with van der Waals surface area (Å²) in [6.45, 7) is 1.89. The zero-order chi connectivity index (χ0) is 23.5. The predicted molar refractivity (Wildman–Crippen MR) is 129 cm³/mol. The molecule has 2 aromatic heterocycles. The van der Waals surface area contributed by atoms with Gasteiger partial charge in [0.05, 0.1) is 22.5 Å². The summed E-state index contributed by atoms with van der Waals surface area (Å²) in [6.07, 6.45) is 3.97. The van der Waals surface area contributed by atoms with E-state index < -0.39 is 29.2 Å². The molecule has 174 valence electrons. The third kappa shape index (κ3) is 4.90. The van der Waals surface area contributed by atoms with Crippen LogP contribution in [0.25, 0.3) is 5.57 Å². The van der Waals surface area contributed by atoms with E-state index >= 15 is 0 Å². The van der Waals surface area contributed by atoms with Gasteiger partial charge in [0.15, 0.2) is 5.13 Å². The third-order valence-electron chi connectivity index (χ3n) is 4.71. The van der Waals surface area contributed by atoms with Gasteiger partial charge in [0, 0.05) is 16.0 Å². The summed E-state index contributed by atoms with van der Waals surface area (Å²) in [7, 11) is 0. The number of carbonyl (C=O) groups excluding carboxylic acids is 2. The number of carboxylic acids is 1. The lowest BCUT2D eigenvalue weighted by molar-refractivity contribution is -0.150. The lowest BCUT2D eigenvalue weighted by Crippen LogP contribution is -2.70. The Balaban J connectivity index is 1.45. The number of nitrogens with two attached hydrogens (primary N) is 1. The van der Waals surface area contributed by atoms with E-state index in [-0.39, 0.29) is 5.70 Å². The second-order valence-corrected chi connectivity index (χ2v) is 11.2. The van der Waals surface area contributed by atoms with Gasteiger partial charge in [0.1, 0.15) is 22.1 Å². The van der Waals surface area contributed by atoms with Crippen LogP contribution >= 0.6 is 46.6 Å². The van der Waals surface area contributed by atoms with Crippen LogP contribution in [0, 0.1) is 0 Å². The van der Waals surface area contributed by atoms with Crippen LogP contribution in [-0.4, -0.2) is 70.4 Å². The van der Waals surface area contributed by atoms with Crippen molar-refractivity contribution in [1.29, 1.82) is 0 Å². The van der Waals surface area contributed by atoms with Gasteiger partial charge in [-0.05, 0) is 6.42 Å². The molecule has 4 rings (SSSR count). The van der Waals surface area contributed by atoms with Crippen LogP contribution in [-0.2, 0) is 14.4 Å². The first kappa shape index (κ1) is 23.7. The molecule has 0 bridgehead atoms. The number of thioether (sulfide) groups is 3. The minimum Gasteiger partial charge on any atom is -0.477 e. The average molecular weight is 526 g/mol. The van der Waals surface area contributed by atoms with Crippen LogP contribution in [0.3, 0.4) is 0 Å². The first-order valence-corrected chi connectivity index (χ1v) is 13.6. The number of H-pyrrole nitrogens is 1. The zero-order valence-corrected chi connectivity index (χ0v) is 20.4. The van der Waals surface area contributed by atoms with E-state index in [2.05, 4.69) is 25.7 Å². The van der Waals surface area contributed by atoms with Gasteiger partial charge in [0.25, 0.3) is 11.8 Å². The number of thiazole rings is 1. The molecule has 0 aromatic carbocycles. The second kappa shape index (κ2) is 10.2. The number of amides is 2. The smallest absolute Gasteiger partial charge is 0.353 e. The largest absolute Gasteiger partial charge is 0.477 e. The minimum atomic E-state index is -1.17. The Bertz CT molecular complexity index is 1130. The molecule has 5 N–H and O–H groups in total. The Morgan fingerprint density at radius 1 is 1.45 bits per heavy atom. The van der Waals surface area contributed by atoms with Crippen LogP contribution in [0.2, 0.25) is 0 Å². The predicted octanol–water partition coefficient (Wildman–Crippen LogP) is 1.82. The minimum absolute atomic E-state index is 0.0309. The van der Waals surface area contributed by atoms with Crippen molar-refractivity contribution in [1.82, 2.24) is 30.6 Å². The lowest BCUT2D eigenvalue weighted by Gasteiger charge is -2.49. The summed E-state index contributed by atoms with van der Waals surface area (Å²) < 4.78 is 0. The number of nitrogen functional groups attached to an aromatic ring is 1. The molecule has 2 aliphatic heterocycles. The van der Waals surface area contributed by atoms with Crippen LogP contribution in [0.15, 0.2) is 33.3 Å². The first-order valence-electron chi connectivity index (χ1n) is 9.66. The number of aromatic nitrogens is 4. The number of aliphatic carboxylic acids is 1. The number of anilines is 1. The number of β-lactam (4-membered cyclic amide) rings is 1. The Hall–Kier alpha value is -2.49. The normalized spacial score (nSPS) is 20.5. The van der Waals surface area contributed by atoms with Crippen molar-refractivity contribution >= 4 is 75.1 Å². The summed E-state index contributed by atoms with van der Waals surface area (Å²) in [6, 6.07) is -0.816. The number of aromatic amines is 1. The molecule has 11 nitrogen and oxygen atoms in total. The molecule has 0 unspecified atom stereocenters. The molecule has 0 spiro atoms. The fourth-order valence-electron chi connectivity index (χ4n) is 3.27. The van der Waals surface area contributed by atoms with Crippen molar-refractivity contribution < 1.29 is 19.5 Å². The molecular formula is C18H19N7O4S4. The van der Waals surface area contributed by atoms with Crippen LogP contribution in [0.5, 0.6) is 0 Å². The highest BCUT2D eigenvalue weighted by Gasteiger charge is 2.54. The Morgan fingerprint density at radius 3 is 2.91 bits per heavy atom. The zero-order valence-electron chi connectivity index (χ0n) is 17.2. The van der Waals surface area contributed by atoms with Gasteiger partial charge in [-0.2, -0.15) is 0 Å². The highest BCUT2D eigenvalue weighted by atomic mass is 32.2. The summed E-state index contributed by atoms with van der Waals surface area (Å²) >= 11 is 5.41. The number of carboxylic acid groups (broad SMARTS) is 1. The third-order valence-corrected chi connectivity index (χ3v) is 8.97. The molecule has 2 amide bonds. The van der Waals surface area contributed by atoms with Crippen LogP contribution in [0.4, 0.5) is 5.13 Å². The maximum absolute atomic E-state index is 12.9. The number of nitrogens with one attached hydrogen (secondary N) is 2. The first-order chi connectivity index (χ1) is 15.9. The average Bonchev–Trinajstić information content (AvgIpc) is 3.46. The van der Waals surface area contributed by atoms with Crippen molar-refractivity contribution in [3.8, 4) is 0 Å². The molecule has 2 atom stereocenters. The van der Waals surface area contributed by atoms with Gasteiger partial charge >= 0.3 is 5.97 Å². The Labute approximate surface area is 205 Å². The number of allylic oxidation sites excluding steroid dienone is 1. The molecule has 15 heteroatoms. The highest BCUT2D eigenvalue weighted by molar-refractivity contribution is 8.18. The van der Waals surface area contributed by atoms with E-state index in [0.717, 1.165) is 0 Å². The second-order valence-electron chi connectivity index (χ2n) is 6.75. The van der Waals surface area contributed by atoms with Crippen molar-refractivity contribution in [2.24, 2.45) is 0 Å². The molecular weight excluding hydrogens is 507 g/mol. The summed E-state index contributed by atoms with van der Waals surface area (Å²) in [4.78, 5) is 43.8. The summed E-state index contributed by atoms with van der Waals surface area (Å²) in [5.74, 6) is -1.64. The van der Waals surface area contributed by atoms with Crippen molar-refractivity contribution in [3.05, 3.63) is 33.9 Å². The Morgan fingerprint density at radius 2 is 2.27 bits per heavy atom. The molecule has 2 aliphatic rings. The number of nitrogens with zero attached hydrogens (tertiary/aromatic N) is 4. The molecule has 4 heterocycles. The highest BCUT2D eigenvalue weighted by Crippen LogP contribution is 2.44. The van der Waals surface area contributed by atoms with Crippen molar-refractivity contribution in [3.63, 3.8) is 0 Å². The molecule has 33 heavy (non-hydrogen) atoms. The van der Waals surface area contributed by atoms with Gasteiger partial charge in [-0.15, -0.1) is 40.0 Å². The standard InChI is InChI=1S/C18H19N7O4S4/c1-2-3-8(9-5-31-18(19)21-9)14(26)22-12-15(27)25-13(17(28)29)10(6-30-16(12)25)32-7-33-11-4-20-24-23-11/h3-5,12,16H,2,6-7H2,1H3,(H2,19,21)(H,22,26)(H,28,29)(H,20,23,24)/b8-3-/t12-,16+/m1/s1. The maximum atomic E-state index is 12.9.